The molecular formula is C22H21N5O2S. The maximum Gasteiger partial charge on any atom is 0.237 e. The van der Waals surface area contributed by atoms with E-state index in [0.717, 1.165) is 17.1 Å². The number of anilines is 1. The molecule has 1 amide bonds. The van der Waals surface area contributed by atoms with Gasteiger partial charge in [0.1, 0.15) is 0 Å². The third-order valence-electron chi connectivity index (χ3n) is 4.46. The van der Waals surface area contributed by atoms with Gasteiger partial charge in [-0.05, 0) is 32.9 Å². The topological polar surface area (TPSA) is 85.8 Å². The van der Waals surface area contributed by atoms with Gasteiger partial charge in [-0.25, -0.2) is 0 Å². The lowest BCUT2D eigenvalue weighted by Crippen LogP contribution is -2.14. The van der Waals surface area contributed by atoms with Crippen molar-refractivity contribution in [2.45, 2.75) is 25.9 Å². The van der Waals surface area contributed by atoms with Gasteiger partial charge in [-0.3, -0.25) is 14.7 Å². The number of aromatic nitrogens is 4. The number of amides is 1. The summed E-state index contributed by atoms with van der Waals surface area (Å²) in [5.41, 5.74) is 4.95. The van der Waals surface area contributed by atoms with Crippen molar-refractivity contribution >= 4 is 23.6 Å². The van der Waals surface area contributed by atoms with E-state index >= 15 is 0 Å². The summed E-state index contributed by atoms with van der Waals surface area (Å²) < 4.78 is 7.01. The highest BCUT2D eigenvalue weighted by Crippen LogP contribution is 2.28. The van der Waals surface area contributed by atoms with E-state index in [1.165, 1.54) is 22.9 Å². The molecule has 152 valence electrons. The molecule has 2 heterocycles. The minimum Gasteiger partial charge on any atom is -0.338 e. The molecule has 0 atom stereocenters. The minimum absolute atomic E-state index is 0.164. The lowest BCUT2D eigenvalue weighted by molar-refractivity contribution is -0.113. The van der Waals surface area contributed by atoms with Crippen molar-refractivity contribution in [3.8, 4) is 17.1 Å². The monoisotopic (exact) mass is 419 g/mol. The molecule has 0 saturated heterocycles. The smallest absolute Gasteiger partial charge is 0.237 e. The zero-order valence-corrected chi connectivity index (χ0v) is 17.7. The van der Waals surface area contributed by atoms with E-state index < -0.39 is 0 Å². The third-order valence-corrected chi connectivity index (χ3v) is 5.39. The zero-order chi connectivity index (χ0) is 21.1. The van der Waals surface area contributed by atoms with Gasteiger partial charge in [0, 0.05) is 17.3 Å². The quantitative estimate of drug-likeness (QED) is 0.461. The van der Waals surface area contributed by atoms with Crippen LogP contribution in [-0.4, -0.2) is 31.6 Å². The number of aryl methyl sites for hydroxylation is 3. The molecule has 0 aliphatic carbocycles. The number of carbonyl (C=O) groups is 1. The first kappa shape index (κ1) is 19.9. The normalized spacial score (nSPS) is 10.9. The number of rotatable bonds is 6. The van der Waals surface area contributed by atoms with Crippen molar-refractivity contribution in [2.75, 3.05) is 11.1 Å². The molecule has 0 spiro atoms. The number of hydrogen-bond donors (Lipinski definition) is 1. The number of nitrogens with one attached hydrogen (secondary N) is 1. The molecule has 2 aromatic carbocycles. The van der Waals surface area contributed by atoms with Crippen LogP contribution in [0.4, 0.5) is 5.88 Å². The SMILES string of the molecule is Cc1ccc(-c2nnc(SCC(=O)Nc3cc(C)no3)n2-c2ccc(C)cc2)cc1. The molecule has 0 fully saturated rings. The first-order chi connectivity index (χ1) is 14.5. The van der Waals surface area contributed by atoms with Crippen molar-refractivity contribution in [3.05, 3.63) is 71.4 Å². The van der Waals surface area contributed by atoms with Crippen molar-refractivity contribution in [2.24, 2.45) is 0 Å². The van der Waals surface area contributed by atoms with Gasteiger partial charge < -0.3 is 4.52 Å². The molecule has 4 aromatic rings. The number of carbonyl (C=O) groups excluding carboxylic acids is 1. The summed E-state index contributed by atoms with van der Waals surface area (Å²) in [5, 5.41) is 15.9. The van der Waals surface area contributed by atoms with Gasteiger partial charge in [-0.1, -0.05) is 64.4 Å². The van der Waals surface area contributed by atoms with Gasteiger partial charge >= 0.3 is 0 Å². The first-order valence-electron chi connectivity index (χ1n) is 9.45. The molecule has 7 nitrogen and oxygen atoms in total. The van der Waals surface area contributed by atoms with Crippen molar-refractivity contribution < 1.29 is 9.32 Å². The van der Waals surface area contributed by atoms with E-state index in [-0.39, 0.29) is 11.7 Å². The van der Waals surface area contributed by atoms with Crippen LogP contribution in [0.1, 0.15) is 16.8 Å². The summed E-state index contributed by atoms with van der Waals surface area (Å²) in [5.74, 6) is 1.02. The van der Waals surface area contributed by atoms with Crippen LogP contribution in [0.2, 0.25) is 0 Å². The van der Waals surface area contributed by atoms with Crippen molar-refractivity contribution in [1.82, 2.24) is 19.9 Å². The van der Waals surface area contributed by atoms with Crippen LogP contribution in [0.15, 0.2) is 64.3 Å². The Morgan fingerprint density at radius 1 is 1.00 bits per heavy atom. The number of thioether (sulfide) groups is 1. The molecule has 0 aliphatic heterocycles. The lowest BCUT2D eigenvalue weighted by atomic mass is 10.1. The van der Waals surface area contributed by atoms with Gasteiger partial charge in [-0.15, -0.1) is 10.2 Å². The minimum atomic E-state index is -0.202. The van der Waals surface area contributed by atoms with E-state index in [2.05, 4.69) is 20.7 Å². The fraction of sp³-hybridized carbons (Fsp3) is 0.182. The second-order valence-electron chi connectivity index (χ2n) is 7.01. The maximum absolute atomic E-state index is 12.3. The van der Waals surface area contributed by atoms with Gasteiger partial charge in [0.25, 0.3) is 0 Å². The fourth-order valence-electron chi connectivity index (χ4n) is 2.91. The zero-order valence-electron chi connectivity index (χ0n) is 16.9. The Balaban J connectivity index is 1.61. The van der Waals surface area contributed by atoms with E-state index in [9.17, 15) is 4.79 Å². The van der Waals surface area contributed by atoms with Crippen LogP contribution in [0, 0.1) is 20.8 Å². The fourth-order valence-corrected chi connectivity index (χ4v) is 3.66. The Bertz CT molecular complexity index is 1160. The summed E-state index contributed by atoms with van der Waals surface area (Å²) in [7, 11) is 0. The van der Waals surface area contributed by atoms with E-state index in [0.29, 0.717) is 16.7 Å². The van der Waals surface area contributed by atoms with Crippen LogP contribution < -0.4 is 5.32 Å². The summed E-state index contributed by atoms with van der Waals surface area (Å²) in [6.45, 7) is 5.89. The summed E-state index contributed by atoms with van der Waals surface area (Å²) in [4.78, 5) is 12.3. The highest BCUT2D eigenvalue weighted by atomic mass is 32.2. The van der Waals surface area contributed by atoms with Gasteiger partial charge in [0.05, 0.1) is 11.4 Å². The summed E-state index contributed by atoms with van der Waals surface area (Å²) in [6.07, 6.45) is 0. The second-order valence-corrected chi connectivity index (χ2v) is 7.96. The first-order valence-corrected chi connectivity index (χ1v) is 10.4. The highest BCUT2D eigenvalue weighted by molar-refractivity contribution is 7.99. The third kappa shape index (κ3) is 4.44. The van der Waals surface area contributed by atoms with Crippen molar-refractivity contribution in [3.63, 3.8) is 0 Å². The van der Waals surface area contributed by atoms with Crippen LogP contribution in [0.25, 0.3) is 17.1 Å². The van der Waals surface area contributed by atoms with Crippen molar-refractivity contribution in [1.29, 1.82) is 0 Å². The predicted octanol–water partition coefficient (Wildman–Crippen LogP) is 4.58. The van der Waals surface area contributed by atoms with E-state index in [1.807, 2.05) is 66.9 Å². The lowest BCUT2D eigenvalue weighted by Gasteiger charge is -2.11. The Morgan fingerprint density at radius 2 is 1.67 bits per heavy atom. The Morgan fingerprint density at radius 3 is 2.30 bits per heavy atom. The van der Waals surface area contributed by atoms with Gasteiger partial charge in [0.15, 0.2) is 11.0 Å². The van der Waals surface area contributed by atoms with E-state index in [4.69, 9.17) is 4.52 Å². The van der Waals surface area contributed by atoms with E-state index in [1.54, 1.807) is 13.0 Å². The average molecular weight is 420 g/mol. The van der Waals surface area contributed by atoms with Gasteiger partial charge in [-0.2, -0.15) is 0 Å². The molecule has 0 bridgehead atoms. The summed E-state index contributed by atoms with van der Waals surface area (Å²) in [6, 6.07) is 18.0. The maximum atomic E-state index is 12.3. The molecule has 30 heavy (non-hydrogen) atoms. The van der Waals surface area contributed by atoms with Gasteiger partial charge in [0.2, 0.25) is 11.8 Å². The molecular weight excluding hydrogens is 398 g/mol. The van der Waals surface area contributed by atoms with Crippen LogP contribution >= 0.6 is 11.8 Å². The molecule has 8 heteroatoms. The standard InChI is InChI=1S/C22H21N5O2S/c1-14-4-8-17(9-5-14)21-24-25-22(27(21)18-10-6-15(2)7-11-18)30-13-19(28)23-20-12-16(3)26-29-20/h4-12H,13H2,1-3H3,(H,23,28). The molecule has 4 rings (SSSR count). The predicted molar refractivity (Wildman–Crippen MR) is 117 cm³/mol. The molecule has 1 N–H and O–H groups in total. The Kier molecular flexibility index (Phi) is 5.67. The second kappa shape index (κ2) is 8.54. The Hall–Kier alpha value is -3.39. The Labute approximate surface area is 178 Å². The molecule has 0 saturated carbocycles. The number of hydrogen-bond acceptors (Lipinski definition) is 6. The van der Waals surface area contributed by atoms with Crippen LogP contribution in [-0.2, 0) is 4.79 Å². The molecule has 0 aliphatic rings. The van der Waals surface area contributed by atoms with Crippen LogP contribution in [0.3, 0.4) is 0 Å². The largest absolute Gasteiger partial charge is 0.338 e. The van der Waals surface area contributed by atoms with Crippen LogP contribution in [0.5, 0.6) is 0 Å². The molecule has 2 aromatic heterocycles. The number of benzene rings is 2. The highest BCUT2D eigenvalue weighted by Gasteiger charge is 2.18. The summed E-state index contributed by atoms with van der Waals surface area (Å²) >= 11 is 1.31. The molecule has 0 unspecified atom stereocenters. The number of nitrogens with zero attached hydrogens (tertiary/aromatic N) is 4. The molecule has 0 radical (unpaired) electrons. The average Bonchev–Trinajstić information content (AvgIpc) is 3.34.